The first-order chi connectivity index (χ1) is 4.33. The molecule has 2 atom stereocenters. The molecule has 2 aliphatic rings. The summed E-state index contributed by atoms with van der Waals surface area (Å²) < 4.78 is 0. The molecule has 0 saturated carbocycles. The average Bonchev–Trinajstić information content (AvgIpc) is 2.07. The standard InChI is InChI=1S/C7H11NO/c9-6-2-1-3-7(6)4-5-8-7/h1-2,6,8-9H,3-5H2/t6-,7-/m0/s1. The second kappa shape index (κ2) is 1.58. The van der Waals surface area contributed by atoms with E-state index in [2.05, 4.69) is 11.4 Å². The van der Waals surface area contributed by atoms with E-state index in [1.54, 1.807) is 0 Å². The maximum Gasteiger partial charge on any atom is 0.0906 e. The van der Waals surface area contributed by atoms with Crippen LogP contribution >= 0.6 is 0 Å². The lowest BCUT2D eigenvalue weighted by atomic mass is 9.84. The number of rotatable bonds is 0. The molecule has 0 aromatic heterocycles. The molecule has 1 heterocycles. The van der Waals surface area contributed by atoms with Crippen molar-refractivity contribution in [3.05, 3.63) is 12.2 Å². The fraction of sp³-hybridized carbons (Fsp3) is 0.714. The Hall–Kier alpha value is -0.340. The zero-order chi connectivity index (χ0) is 6.32. The molecule has 0 bridgehead atoms. The highest BCUT2D eigenvalue weighted by atomic mass is 16.3. The SMILES string of the molecule is O[C@H]1C=CC[C@]12CCN2. The maximum absolute atomic E-state index is 9.35. The minimum Gasteiger partial charge on any atom is -0.387 e. The molecule has 0 unspecified atom stereocenters. The molecule has 0 aromatic rings. The lowest BCUT2D eigenvalue weighted by Gasteiger charge is -2.42. The van der Waals surface area contributed by atoms with Crippen molar-refractivity contribution >= 4 is 0 Å². The van der Waals surface area contributed by atoms with Gasteiger partial charge in [0.05, 0.1) is 11.6 Å². The predicted octanol–water partition coefficient (Wildman–Crippen LogP) is 0.0393. The van der Waals surface area contributed by atoms with E-state index < -0.39 is 0 Å². The molecule has 50 valence electrons. The molecule has 1 aliphatic heterocycles. The number of hydrogen-bond acceptors (Lipinski definition) is 2. The van der Waals surface area contributed by atoms with Crippen LogP contribution in [0.2, 0.25) is 0 Å². The van der Waals surface area contributed by atoms with Crippen molar-refractivity contribution in [2.24, 2.45) is 0 Å². The van der Waals surface area contributed by atoms with Crippen LogP contribution in [0.5, 0.6) is 0 Å². The van der Waals surface area contributed by atoms with Crippen LogP contribution in [0.1, 0.15) is 12.8 Å². The molecule has 1 spiro atoms. The molecule has 2 N–H and O–H groups in total. The molecule has 1 aliphatic carbocycles. The van der Waals surface area contributed by atoms with Crippen LogP contribution in [0.25, 0.3) is 0 Å². The Morgan fingerprint density at radius 1 is 1.67 bits per heavy atom. The third-order valence-electron chi connectivity index (χ3n) is 2.41. The first kappa shape index (κ1) is 5.45. The highest BCUT2D eigenvalue weighted by Gasteiger charge is 2.43. The molecule has 2 nitrogen and oxygen atoms in total. The van der Waals surface area contributed by atoms with Crippen LogP contribution in [0, 0.1) is 0 Å². The molecule has 0 amide bonds. The fourth-order valence-corrected chi connectivity index (χ4v) is 1.58. The van der Waals surface area contributed by atoms with E-state index >= 15 is 0 Å². The van der Waals surface area contributed by atoms with Gasteiger partial charge in [0.2, 0.25) is 0 Å². The summed E-state index contributed by atoms with van der Waals surface area (Å²) in [5, 5.41) is 12.6. The number of aliphatic hydroxyl groups is 1. The summed E-state index contributed by atoms with van der Waals surface area (Å²) in [4.78, 5) is 0. The van der Waals surface area contributed by atoms with Gasteiger partial charge in [-0.25, -0.2) is 0 Å². The van der Waals surface area contributed by atoms with Gasteiger partial charge in [0.15, 0.2) is 0 Å². The molecule has 1 fully saturated rings. The Morgan fingerprint density at radius 3 is 2.67 bits per heavy atom. The first-order valence-corrected chi connectivity index (χ1v) is 3.43. The molecule has 0 radical (unpaired) electrons. The van der Waals surface area contributed by atoms with E-state index in [0.717, 1.165) is 19.4 Å². The van der Waals surface area contributed by atoms with Gasteiger partial charge < -0.3 is 10.4 Å². The summed E-state index contributed by atoms with van der Waals surface area (Å²) in [6.07, 6.45) is 5.84. The molecule has 0 aromatic carbocycles. The average molecular weight is 125 g/mol. The van der Waals surface area contributed by atoms with Gasteiger partial charge >= 0.3 is 0 Å². The van der Waals surface area contributed by atoms with Crippen LogP contribution in [-0.2, 0) is 0 Å². The van der Waals surface area contributed by atoms with Crippen LogP contribution in [0.4, 0.5) is 0 Å². The third kappa shape index (κ3) is 0.575. The highest BCUT2D eigenvalue weighted by molar-refractivity contribution is 5.18. The predicted molar refractivity (Wildman–Crippen MR) is 35.1 cm³/mol. The maximum atomic E-state index is 9.35. The monoisotopic (exact) mass is 125 g/mol. The van der Waals surface area contributed by atoms with Crippen molar-refractivity contribution in [1.29, 1.82) is 0 Å². The fourth-order valence-electron chi connectivity index (χ4n) is 1.58. The summed E-state index contributed by atoms with van der Waals surface area (Å²) in [5.41, 5.74) is 0.0694. The largest absolute Gasteiger partial charge is 0.387 e. The van der Waals surface area contributed by atoms with Crippen molar-refractivity contribution in [1.82, 2.24) is 5.32 Å². The lowest BCUT2D eigenvalue weighted by molar-refractivity contribution is 0.0609. The summed E-state index contributed by atoms with van der Waals surface area (Å²) >= 11 is 0. The Balaban J connectivity index is 2.13. The molecule has 2 rings (SSSR count). The topological polar surface area (TPSA) is 32.3 Å². The highest BCUT2D eigenvalue weighted by Crippen LogP contribution is 2.32. The van der Waals surface area contributed by atoms with E-state index in [1.165, 1.54) is 0 Å². The Morgan fingerprint density at radius 2 is 2.44 bits per heavy atom. The van der Waals surface area contributed by atoms with E-state index in [1.807, 2.05) is 6.08 Å². The van der Waals surface area contributed by atoms with Gasteiger partial charge in [-0.3, -0.25) is 0 Å². The zero-order valence-corrected chi connectivity index (χ0v) is 5.30. The number of nitrogens with one attached hydrogen (secondary N) is 1. The second-order valence-corrected chi connectivity index (χ2v) is 2.91. The Kier molecular flexibility index (Phi) is 0.957. The van der Waals surface area contributed by atoms with Crippen LogP contribution < -0.4 is 5.32 Å². The third-order valence-corrected chi connectivity index (χ3v) is 2.41. The van der Waals surface area contributed by atoms with Gasteiger partial charge in [0, 0.05) is 0 Å². The summed E-state index contributed by atoms with van der Waals surface area (Å²) in [7, 11) is 0. The summed E-state index contributed by atoms with van der Waals surface area (Å²) in [6.45, 7) is 1.07. The number of hydrogen-bond donors (Lipinski definition) is 2. The van der Waals surface area contributed by atoms with Crippen molar-refractivity contribution in [3.63, 3.8) is 0 Å². The van der Waals surface area contributed by atoms with Gasteiger partial charge in [0.25, 0.3) is 0 Å². The van der Waals surface area contributed by atoms with E-state index in [0.29, 0.717) is 0 Å². The molecule has 2 heteroatoms. The molecular weight excluding hydrogens is 114 g/mol. The summed E-state index contributed by atoms with van der Waals surface area (Å²) in [5.74, 6) is 0. The van der Waals surface area contributed by atoms with Crippen LogP contribution in [0.3, 0.4) is 0 Å². The molecular formula is C7H11NO. The van der Waals surface area contributed by atoms with Gasteiger partial charge in [0.1, 0.15) is 0 Å². The van der Waals surface area contributed by atoms with Crippen LogP contribution in [-0.4, -0.2) is 23.3 Å². The van der Waals surface area contributed by atoms with E-state index in [4.69, 9.17) is 0 Å². The van der Waals surface area contributed by atoms with Crippen LogP contribution in [0.15, 0.2) is 12.2 Å². The normalized spacial score (nSPS) is 47.9. The lowest BCUT2D eigenvalue weighted by Crippen LogP contribution is -2.61. The van der Waals surface area contributed by atoms with Gasteiger partial charge in [-0.15, -0.1) is 0 Å². The van der Waals surface area contributed by atoms with Gasteiger partial charge in [-0.2, -0.15) is 0 Å². The minimum absolute atomic E-state index is 0.0694. The van der Waals surface area contributed by atoms with E-state index in [9.17, 15) is 5.11 Å². The quantitative estimate of drug-likeness (QED) is 0.448. The number of aliphatic hydroxyl groups excluding tert-OH is 1. The van der Waals surface area contributed by atoms with Gasteiger partial charge in [-0.1, -0.05) is 12.2 Å². The van der Waals surface area contributed by atoms with Gasteiger partial charge in [-0.05, 0) is 19.4 Å². The molecule has 9 heavy (non-hydrogen) atoms. The Bertz CT molecular complexity index is 149. The summed E-state index contributed by atoms with van der Waals surface area (Å²) in [6, 6.07) is 0. The van der Waals surface area contributed by atoms with Crippen molar-refractivity contribution in [3.8, 4) is 0 Å². The zero-order valence-electron chi connectivity index (χ0n) is 5.30. The minimum atomic E-state index is -0.230. The van der Waals surface area contributed by atoms with Crippen molar-refractivity contribution in [2.75, 3.05) is 6.54 Å². The van der Waals surface area contributed by atoms with E-state index in [-0.39, 0.29) is 11.6 Å². The van der Waals surface area contributed by atoms with Crippen molar-refractivity contribution in [2.45, 2.75) is 24.5 Å². The second-order valence-electron chi connectivity index (χ2n) is 2.91. The van der Waals surface area contributed by atoms with Crippen molar-refractivity contribution < 1.29 is 5.11 Å². The Labute approximate surface area is 54.6 Å². The molecule has 1 saturated heterocycles. The first-order valence-electron chi connectivity index (χ1n) is 3.43. The smallest absolute Gasteiger partial charge is 0.0906 e.